The maximum absolute atomic E-state index is 12.2. The largest absolute Gasteiger partial charge is 0.419 e. The summed E-state index contributed by atoms with van der Waals surface area (Å²) in [7, 11) is 0. The molecular formula is C19H19N3O5. The van der Waals surface area contributed by atoms with Crippen LogP contribution in [0, 0.1) is 24.0 Å². The van der Waals surface area contributed by atoms with E-state index in [-0.39, 0.29) is 30.1 Å². The van der Waals surface area contributed by atoms with E-state index < -0.39 is 10.7 Å². The lowest BCUT2D eigenvalue weighted by Gasteiger charge is -2.10. The summed E-state index contributed by atoms with van der Waals surface area (Å²) < 4.78 is 6.45. The quantitative estimate of drug-likeness (QED) is 0.528. The van der Waals surface area contributed by atoms with Crippen LogP contribution in [0.3, 0.4) is 0 Å². The number of hydrogen-bond donors (Lipinski definition) is 1. The molecule has 1 heterocycles. The summed E-state index contributed by atoms with van der Waals surface area (Å²) in [5.74, 6) is -0.736. The Bertz CT molecular complexity index is 1080. The van der Waals surface area contributed by atoms with Crippen molar-refractivity contribution in [2.45, 2.75) is 33.2 Å². The summed E-state index contributed by atoms with van der Waals surface area (Å²) in [5.41, 5.74) is 3.38. The van der Waals surface area contributed by atoms with E-state index in [1.165, 1.54) is 22.8 Å². The molecule has 0 aliphatic heterocycles. The van der Waals surface area contributed by atoms with Gasteiger partial charge in [0.1, 0.15) is 0 Å². The lowest BCUT2D eigenvalue weighted by atomic mass is 10.1. The molecule has 0 saturated carbocycles. The Hall–Kier alpha value is -3.42. The molecule has 0 bridgehead atoms. The second-order valence-corrected chi connectivity index (χ2v) is 6.33. The van der Waals surface area contributed by atoms with Gasteiger partial charge in [-0.05, 0) is 43.5 Å². The van der Waals surface area contributed by atoms with E-state index >= 15 is 0 Å². The highest BCUT2D eigenvalue weighted by Crippen LogP contribution is 2.21. The Morgan fingerprint density at radius 3 is 2.78 bits per heavy atom. The molecule has 140 valence electrons. The third-order valence-electron chi connectivity index (χ3n) is 4.53. The molecule has 0 fully saturated rings. The maximum Gasteiger partial charge on any atom is 0.419 e. The number of rotatable bonds is 6. The molecule has 0 radical (unpaired) electrons. The number of carbonyl (C=O) groups is 1. The fraction of sp³-hybridized carbons (Fsp3) is 0.263. The van der Waals surface area contributed by atoms with Crippen LogP contribution in [-0.2, 0) is 11.3 Å². The van der Waals surface area contributed by atoms with Gasteiger partial charge in [-0.1, -0.05) is 12.1 Å². The first kappa shape index (κ1) is 18.4. The molecule has 0 spiro atoms. The van der Waals surface area contributed by atoms with Crippen molar-refractivity contribution in [3.63, 3.8) is 0 Å². The molecule has 1 aromatic heterocycles. The van der Waals surface area contributed by atoms with E-state index in [0.29, 0.717) is 11.9 Å². The average molecular weight is 369 g/mol. The number of benzene rings is 2. The van der Waals surface area contributed by atoms with Gasteiger partial charge in [-0.15, -0.1) is 0 Å². The number of anilines is 1. The molecule has 0 unspecified atom stereocenters. The number of fused-ring (bicyclic) bond motifs is 1. The predicted octanol–water partition coefficient (Wildman–Crippen LogP) is 3.54. The Morgan fingerprint density at radius 2 is 2.04 bits per heavy atom. The van der Waals surface area contributed by atoms with Gasteiger partial charge in [0, 0.05) is 24.7 Å². The molecule has 27 heavy (non-hydrogen) atoms. The number of aryl methyl sites for hydroxylation is 2. The molecule has 2 aromatic carbocycles. The molecule has 0 atom stereocenters. The van der Waals surface area contributed by atoms with E-state index in [4.69, 9.17) is 4.42 Å². The standard InChI is InChI=1S/C19H19N3O5/c1-12-5-3-6-15(13(12)2)20-18(23)7-4-10-21-16-9-8-14(22(25)26)11-17(16)27-19(21)24/h3,5-6,8-9,11H,4,7,10H2,1-2H3,(H,20,23). The molecule has 0 aliphatic carbocycles. The van der Waals surface area contributed by atoms with Crippen LogP contribution in [0.1, 0.15) is 24.0 Å². The van der Waals surface area contributed by atoms with Crippen molar-refractivity contribution in [3.8, 4) is 0 Å². The van der Waals surface area contributed by atoms with Crippen LogP contribution in [0.2, 0.25) is 0 Å². The van der Waals surface area contributed by atoms with Gasteiger partial charge in [0.2, 0.25) is 5.91 Å². The lowest BCUT2D eigenvalue weighted by molar-refractivity contribution is -0.384. The fourth-order valence-electron chi connectivity index (χ4n) is 2.88. The number of aromatic nitrogens is 1. The highest BCUT2D eigenvalue weighted by molar-refractivity contribution is 5.91. The van der Waals surface area contributed by atoms with Crippen molar-refractivity contribution < 1.29 is 14.1 Å². The zero-order chi connectivity index (χ0) is 19.6. The van der Waals surface area contributed by atoms with Gasteiger partial charge in [0.25, 0.3) is 5.69 Å². The van der Waals surface area contributed by atoms with Gasteiger partial charge in [-0.2, -0.15) is 0 Å². The number of amides is 1. The zero-order valence-electron chi connectivity index (χ0n) is 15.0. The number of nitro groups is 1. The predicted molar refractivity (Wildman–Crippen MR) is 101 cm³/mol. The number of non-ortho nitro benzene ring substituents is 1. The minimum atomic E-state index is -0.597. The average Bonchev–Trinajstić information content (AvgIpc) is 2.93. The Morgan fingerprint density at radius 1 is 1.26 bits per heavy atom. The normalized spacial score (nSPS) is 10.9. The van der Waals surface area contributed by atoms with E-state index in [1.807, 2.05) is 32.0 Å². The van der Waals surface area contributed by atoms with Crippen LogP contribution in [0.15, 0.2) is 45.6 Å². The summed E-state index contributed by atoms with van der Waals surface area (Å²) in [6, 6.07) is 9.73. The highest BCUT2D eigenvalue weighted by Gasteiger charge is 2.14. The van der Waals surface area contributed by atoms with Gasteiger partial charge in [-0.3, -0.25) is 19.5 Å². The van der Waals surface area contributed by atoms with Gasteiger partial charge in [-0.25, -0.2) is 4.79 Å². The van der Waals surface area contributed by atoms with Crippen molar-refractivity contribution in [1.82, 2.24) is 4.57 Å². The summed E-state index contributed by atoms with van der Waals surface area (Å²) in [4.78, 5) is 34.4. The Labute approximate surface area is 154 Å². The van der Waals surface area contributed by atoms with Crippen molar-refractivity contribution >= 4 is 28.4 Å². The minimum absolute atomic E-state index is 0.139. The molecule has 1 N–H and O–H groups in total. The number of carbonyl (C=O) groups excluding carboxylic acids is 1. The second kappa shape index (κ2) is 7.45. The molecule has 3 aromatic rings. The van der Waals surface area contributed by atoms with Crippen molar-refractivity contribution in [1.29, 1.82) is 0 Å². The van der Waals surface area contributed by atoms with E-state index in [9.17, 15) is 19.7 Å². The van der Waals surface area contributed by atoms with Crippen molar-refractivity contribution in [2.75, 3.05) is 5.32 Å². The van der Waals surface area contributed by atoms with E-state index in [0.717, 1.165) is 16.8 Å². The first-order valence-corrected chi connectivity index (χ1v) is 8.50. The second-order valence-electron chi connectivity index (χ2n) is 6.33. The van der Waals surface area contributed by atoms with E-state index in [1.54, 1.807) is 0 Å². The monoisotopic (exact) mass is 369 g/mol. The maximum atomic E-state index is 12.2. The van der Waals surface area contributed by atoms with Crippen LogP contribution in [0.4, 0.5) is 11.4 Å². The molecular weight excluding hydrogens is 350 g/mol. The third-order valence-corrected chi connectivity index (χ3v) is 4.53. The molecule has 0 aliphatic rings. The molecule has 1 amide bonds. The number of nitro benzene ring substituents is 1. The minimum Gasteiger partial charge on any atom is -0.407 e. The first-order chi connectivity index (χ1) is 12.9. The number of nitrogens with one attached hydrogen (secondary N) is 1. The zero-order valence-corrected chi connectivity index (χ0v) is 15.0. The van der Waals surface area contributed by atoms with Crippen LogP contribution in [0.25, 0.3) is 11.1 Å². The summed E-state index contributed by atoms with van der Waals surface area (Å²) >= 11 is 0. The number of oxazole rings is 1. The van der Waals surface area contributed by atoms with Crippen LogP contribution < -0.4 is 11.1 Å². The Balaban J connectivity index is 1.66. The molecule has 3 rings (SSSR count). The number of nitrogens with zero attached hydrogens (tertiary/aromatic N) is 2. The van der Waals surface area contributed by atoms with Crippen LogP contribution in [0.5, 0.6) is 0 Å². The fourth-order valence-corrected chi connectivity index (χ4v) is 2.88. The highest BCUT2D eigenvalue weighted by atomic mass is 16.6. The number of hydrogen-bond acceptors (Lipinski definition) is 5. The van der Waals surface area contributed by atoms with Gasteiger partial charge in [0.05, 0.1) is 16.5 Å². The Kier molecular flexibility index (Phi) is 5.07. The summed E-state index contributed by atoms with van der Waals surface area (Å²) in [5, 5.41) is 13.7. The van der Waals surface area contributed by atoms with Crippen molar-refractivity contribution in [2.24, 2.45) is 0 Å². The SMILES string of the molecule is Cc1cccc(NC(=O)CCCn2c(=O)oc3cc([N+](=O)[O-])ccc32)c1C. The van der Waals surface area contributed by atoms with Gasteiger partial charge in [0.15, 0.2) is 5.58 Å². The lowest BCUT2D eigenvalue weighted by Crippen LogP contribution is -2.17. The summed E-state index contributed by atoms with van der Waals surface area (Å²) in [6.45, 7) is 4.21. The van der Waals surface area contributed by atoms with Gasteiger partial charge < -0.3 is 9.73 Å². The first-order valence-electron chi connectivity index (χ1n) is 8.50. The van der Waals surface area contributed by atoms with Crippen LogP contribution in [-0.4, -0.2) is 15.4 Å². The smallest absolute Gasteiger partial charge is 0.407 e. The third kappa shape index (κ3) is 3.89. The van der Waals surface area contributed by atoms with Crippen molar-refractivity contribution in [3.05, 3.63) is 68.2 Å². The molecule has 0 saturated heterocycles. The van der Waals surface area contributed by atoms with E-state index in [2.05, 4.69) is 5.32 Å². The van der Waals surface area contributed by atoms with Gasteiger partial charge >= 0.3 is 5.76 Å². The molecule has 8 nitrogen and oxygen atoms in total. The topological polar surface area (TPSA) is 107 Å². The van der Waals surface area contributed by atoms with Crippen LogP contribution >= 0.6 is 0 Å². The summed E-state index contributed by atoms with van der Waals surface area (Å²) in [6.07, 6.45) is 0.668. The molecule has 8 heteroatoms.